The van der Waals surface area contributed by atoms with Crippen molar-refractivity contribution in [2.45, 2.75) is 0 Å². The first-order chi connectivity index (χ1) is 9.10. The van der Waals surface area contributed by atoms with Gasteiger partial charge in [-0.3, -0.25) is 4.79 Å². The third-order valence-corrected chi connectivity index (χ3v) is 3.08. The molecule has 0 radical (unpaired) electrons. The Morgan fingerprint density at radius 2 is 2.00 bits per heavy atom. The number of benzene rings is 2. The van der Waals surface area contributed by atoms with Crippen molar-refractivity contribution in [3.8, 4) is 0 Å². The molecule has 0 atom stereocenters. The molecule has 3 nitrogen and oxygen atoms in total. The van der Waals surface area contributed by atoms with Gasteiger partial charge in [0.25, 0.3) is 5.91 Å². The van der Waals surface area contributed by atoms with E-state index in [1.807, 2.05) is 6.07 Å². The van der Waals surface area contributed by atoms with Gasteiger partial charge in [0.05, 0.1) is 5.69 Å². The highest BCUT2D eigenvalue weighted by atomic mass is 79.9. The summed E-state index contributed by atoms with van der Waals surface area (Å²) in [6.45, 7) is 0. The van der Waals surface area contributed by atoms with Crippen molar-refractivity contribution >= 4 is 33.2 Å². The van der Waals surface area contributed by atoms with Crippen LogP contribution in [0.2, 0.25) is 0 Å². The molecule has 0 aliphatic heterocycles. The van der Waals surface area contributed by atoms with E-state index in [9.17, 15) is 9.18 Å². The van der Waals surface area contributed by atoms with Crippen molar-refractivity contribution in [1.29, 1.82) is 0 Å². The average Bonchev–Trinajstić information content (AvgIpc) is 2.43. The Bertz CT molecular complexity index is 616. The van der Waals surface area contributed by atoms with Crippen LogP contribution in [-0.2, 0) is 0 Å². The monoisotopic (exact) mass is 322 g/mol. The lowest BCUT2D eigenvalue weighted by Gasteiger charge is -2.08. The van der Waals surface area contributed by atoms with Gasteiger partial charge in [0.15, 0.2) is 0 Å². The van der Waals surface area contributed by atoms with E-state index < -0.39 is 5.82 Å². The van der Waals surface area contributed by atoms with E-state index in [1.54, 1.807) is 31.3 Å². The molecule has 0 aliphatic rings. The summed E-state index contributed by atoms with van der Waals surface area (Å²) in [6.07, 6.45) is 0. The first-order valence-electron chi connectivity index (χ1n) is 5.64. The highest BCUT2D eigenvalue weighted by Crippen LogP contribution is 2.21. The smallest absolute Gasteiger partial charge is 0.255 e. The minimum Gasteiger partial charge on any atom is -0.388 e. The fourth-order valence-electron chi connectivity index (χ4n) is 1.60. The number of rotatable bonds is 3. The fraction of sp³-hybridized carbons (Fsp3) is 0.0714. The standard InChI is InChI=1S/C14H12BrFN2O/c1-17-11-4-2-3-9(7-11)14(19)18-13-8-10(15)5-6-12(13)16/h2-8,17H,1H3,(H,18,19). The lowest BCUT2D eigenvalue weighted by atomic mass is 10.2. The number of halogens is 2. The summed E-state index contributed by atoms with van der Waals surface area (Å²) in [4.78, 5) is 12.0. The molecule has 0 unspecified atom stereocenters. The van der Waals surface area contributed by atoms with E-state index in [-0.39, 0.29) is 11.6 Å². The van der Waals surface area contributed by atoms with Gasteiger partial charge >= 0.3 is 0 Å². The van der Waals surface area contributed by atoms with Crippen LogP contribution >= 0.6 is 15.9 Å². The molecule has 19 heavy (non-hydrogen) atoms. The van der Waals surface area contributed by atoms with Crippen LogP contribution < -0.4 is 10.6 Å². The lowest BCUT2D eigenvalue weighted by molar-refractivity contribution is 0.102. The van der Waals surface area contributed by atoms with Crippen molar-refractivity contribution < 1.29 is 9.18 Å². The maximum Gasteiger partial charge on any atom is 0.255 e. The SMILES string of the molecule is CNc1cccc(C(=O)Nc2cc(Br)ccc2F)c1. The summed E-state index contributed by atoms with van der Waals surface area (Å²) in [7, 11) is 1.77. The van der Waals surface area contributed by atoms with Crippen LogP contribution in [0.3, 0.4) is 0 Å². The summed E-state index contributed by atoms with van der Waals surface area (Å²) in [5.74, 6) is -0.824. The molecule has 2 aromatic carbocycles. The number of amides is 1. The first-order valence-corrected chi connectivity index (χ1v) is 6.43. The zero-order valence-corrected chi connectivity index (χ0v) is 11.8. The number of hydrogen-bond donors (Lipinski definition) is 2. The van der Waals surface area contributed by atoms with Crippen molar-refractivity contribution in [3.05, 3.63) is 58.3 Å². The highest BCUT2D eigenvalue weighted by Gasteiger charge is 2.10. The summed E-state index contributed by atoms with van der Waals surface area (Å²) in [6, 6.07) is 11.4. The van der Waals surface area contributed by atoms with E-state index in [1.165, 1.54) is 12.1 Å². The zero-order valence-electron chi connectivity index (χ0n) is 10.2. The average molecular weight is 323 g/mol. The summed E-state index contributed by atoms with van der Waals surface area (Å²) in [5.41, 5.74) is 1.43. The number of carbonyl (C=O) groups is 1. The number of hydrogen-bond acceptors (Lipinski definition) is 2. The van der Waals surface area contributed by atoms with E-state index in [2.05, 4.69) is 26.6 Å². The van der Waals surface area contributed by atoms with Gasteiger partial charge in [-0.05, 0) is 36.4 Å². The molecular formula is C14H12BrFN2O. The molecule has 0 bridgehead atoms. The minimum atomic E-state index is -0.471. The lowest BCUT2D eigenvalue weighted by Crippen LogP contribution is -2.13. The zero-order chi connectivity index (χ0) is 13.8. The molecule has 2 N–H and O–H groups in total. The molecule has 0 saturated carbocycles. The summed E-state index contributed by atoms with van der Waals surface area (Å²) in [5, 5.41) is 5.49. The summed E-state index contributed by atoms with van der Waals surface area (Å²) < 4.78 is 14.2. The normalized spacial score (nSPS) is 10.1. The molecule has 0 aliphatic carbocycles. The largest absolute Gasteiger partial charge is 0.388 e. The third kappa shape index (κ3) is 3.32. The second kappa shape index (κ2) is 5.84. The predicted molar refractivity (Wildman–Crippen MR) is 78.0 cm³/mol. The van der Waals surface area contributed by atoms with Crippen LogP contribution in [0.15, 0.2) is 46.9 Å². The van der Waals surface area contributed by atoms with Crippen LogP contribution in [-0.4, -0.2) is 13.0 Å². The van der Waals surface area contributed by atoms with Crippen LogP contribution in [0.1, 0.15) is 10.4 Å². The molecule has 0 saturated heterocycles. The van der Waals surface area contributed by atoms with Gasteiger partial charge in [0.2, 0.25) is 0 Å². The van der Waals surface area contributed by atoms with Gasteiger partial charge in [-0.25, -0.2) is 4.39 Å². The maximum absolute atomic E-state index is 13.5. The van der Waals surface area contributed by atoms with Gasteiger partial charge in [-0.1, -0.05) is 22.0 Å². The molecule has 2 aromatic rings. The molecule has 0 fully saturated rings. The molecule has 5 heteroatoms. The van der Waals surface area contributed by atoms with E-state index in [0.29, 0.717) is 10.0 Å². The van der Waals surface area contributed by atoms with Crippen LogP contribution in [0, 0.1) is 5.82 Å². The second-order valence-corrected chi connectivity index (χ2v) is 4.82. The molecule has 0 heterocycles. The van der Waals surface area contributed by atoms with E-state index >= 15 is 0 Å². The van der Waals surface area contributed by atoms with Crippen LogP contribution in [0.4, 0.5) is 15.8 Å². The number of nitrogens with one attached hydrogen (secondary N) is 2. The summed E-state index contributed by atoms with van der Waals surface area (Å²) >= 11 is 3.24. The molecule has 1 amide bonds. The van der Waals surface area contributed by atoms with Crippen LogP contribution in [0.5, 0.6) is 0 Å². The maximum atomic E-state index is 13.5. The van der Waals surface area contributed by atoms with Gasteiger partial charge < -0.3 is 10.6 Å². The van der Waals surface area contributed by atoms with Crippen molar-refractivity contribution in [2.75, 3.05) is 17.7 Å². The van der Waals surface area contributed by atoms with Crippen molar-refractivity contribution in [3.63, 3.8) is 0 Å². The quantitative estimate of drug-likeness (QED) is 0.900. The first kappa shape index (κ1) is 13.5. The van der Waals surface area contributed by atoms with Gasteiger partial charge in [0, 0.05) is 22.8 Å². The molecular weight excluding hydrogens is 311 g/mol. The fourth-order valence-corrected chi connectivity index (χ4v) is 1.96. The Kier molecular flexibility index (Phi) is 4.16. The van der Waals surface area contributed by atoms with Gasteiger partial charge in [0.1, 0.15) is 5.82 Å². The Hall–Kier alpha value is -1.88. The molecule has 98 valence electrons. The third-order valence-electron chi connectivity index (χ3n) is 2.59. The Morgan fingerprint density at radius 3 is 2.74 bits per heavy atom. The molecule has 2 rings (SSSR count). The van der Waals surface area contributed by atoms with Crippen LogP contribution in [0.25, 0.3) is 0 Å². The number of carbonyl (C=O) groups excluding carboxylic acids is 1. The minimum absolute atomic E-state index is 0.147. The predicted octanol–water partition coefficient (Wildman–Crippen LogP) is 3.88. The molecule has 0 spiro atoms. The van der Waals surface area contributed by atoms with Crippen molar-refractivity contribution in [2.24, 2.45) is 0 Å². The Balaban J connectivity index is 2.22. The van der Waals surface area contributed by atoms with E-state index in [0.717, 1.165) is 5.69 Å². The number of anilines is 2. The van der Waals surface area contributed by atoms with Gasteiger partial charge in [-0.2, -0.15) is 0 Å². The Labute approximate surface area is 119 Å². The van der Waals surface area contributed by atoms with Crippen molar-refractivity contribution in [1.82, 2.24) is 0 Å². The molecule has 0 aromatic heterocycles. The highest BCUT2D eigenvalue weighted by molar-refractivity contribution is 9.10. The Morgan fingerprint density at radius 1 is 1.21 bits per heavy atom. The second-order valence-electron chi connectivity index (χ2n) is 3.91. The van der Waals surface area contributed by atoms with Gasteiger partial charge in [-0.15, -0.1) is 0 Å². The van der Waals surface area contributed by atoms with E-state index in [4.69, 9.17) is 0 Å². The topological polar surface area (TPSA) is 41.1 Å².